The van der Waals surface area contributed by atoms with E-state index < -0.39 is 0 Å². The van der Waals surface area contributed by atoms with Crippen LogP contribution < -0.4 is 0 Å². The molecule has 1 aromatic heterocycles. The fraction of sp³-hybridized carbons (Fsp3) is 0.786. The van der Waals surface area contributed by atoms with Gasteiger partial charge in [-0.2, -0.15) is 0 Å². The molecule has 5 heteroatoms. The summed E-state index contributed by atoms with van der Waals surface area (Å²) in [6.45, 7) is 8.03. The predicted molar refractivity (Wildman–Crippen MR) is 71.8 cm³/mol. The second-order valence-corrected chi connectivity index (χ2v) is 6.16. The smallest absolute Gasteiger partial charge is 0.225 e. The number of hydrogen-bond acceptors (Lipinski definition) is 3. The number of nitrogens with zero attached hydrogens (tertiary/aromatic N) is 4. The first-order valence-corrected chi connectivity index (χ1v) is 7.28. The third-order valence-corrected chi connectivity index (χ3v) is 4.20. The van der Waals surface area contributed by atoms with E-state index >= 15 is 0 Å². The number of likely N-dealkylation sites (tertiary alicyclic amines) is 1. The van der Waals surface area contributed by atoms with Gasteiger partial charge in [-0.1, -0.05) is 19.1 Å². The van der Waals surface area contributed by atoms with Gasteiger partial charge in [0.05, 0.1) is 17.4 Å². The molecular weight excluding hydrogens is 240 g/mol. The summed E-state index contributed by atoms with van der Waals surface area (Å²) in [4.78, 5) is 14.1. The highest BCUT2D eigenvalue weighted by Crippen LogP contribution is 2.34. The van der Waals surface area contributed by atoms with Gasteiger partial charge < -0.3 is 4.90 Å². The van der Waals surface area contributed by atoms with Gasteiger partial charge in [-0.25, -0.2) is 4.68 Å². The number of aryl methyl sites for hydroxylation is 1. The maximum absolute atomic E-state index is 12.1. The van der Waals surface area contributed by atoms with E-state index in [1.165, 1.54) is 5.69 Å². The van der Waals surface area contributed by atoms with Gasteiger partial charge in [0, 0.05) is 19.0 Å². The Labute approximate surface area is 114 Å². The quantitative estimate of drug-likeness (QED) is 0.836. The van der Waals surface area contributed by atoms with Crippen molar-refractivity contribution in [3.8, 4) is 0 Å². The van der Waals surface area contributed by atoms with E-state index in [1.807, 2.05) is 11.8 Å². The Balaban J connectivity index is 1.75. The molecule has 0 N–H and O–H groups in total. The van der Waals surface area contributed by atoms with Crippen molar-refractivity contribution in [1.29, 1.82) is 0 Å². The second-order valence-electron chi connectivity index (χ2n) is 6.16. The maximum Gasteiger partial charge on any atom is 0.225 e. The monoisotopic (exact) mass is 262 g/mol. The molecule has 5 nitrogen and oxygen atoms in total. The molecule has 2 heterocycles. The molecule has 0 spiro atoms. The molecule has 1 aliphatic heterocycles. The Kier molecular flexibility index (Phi) is 3.07. The molecule has 1 aliphatic carbocycles. The van der Waals surface area contributed by atoms with Crippen molar-refractivity contribution < 1.29 is 4.79 Å². The van der Waals surface area contributed by atoms with Crippen molar-refractivity contribution in [2.75, 3.05) is 13.1 Å². The fourth-order valence-electron chi connectivity index (χ4n) is 3.06. The van der Waals surface area contributed by atoms with Crippen molar-refractivity contribution in [3.63, 3.8) is 0 Å². The summed E-state index contributed by atoms with van der Waals surface area (Å²) < 4.78 is 2.06. The molecule has 1 atom stereocenters. The van der Waals surface area contributed by atoms with Crippen LogP contribution in [0.1, 0.15) is 56.5 Å². The molecule has 1 amide bonds. The minimum absolute atomic E-state index is 0.307. The molecule has 1 saturated heterocycles. The van der Waals surface area contributed by atoms with Crippen LogP contribution in [0.4, 0.5) is 0 Å². The molecule has 1 saturated carbocycles. The zero-order chi connectivity index (χ0) is 13.6. The third kappa shape index (κ3) is 2.26. The van der Waals surface area contributed by atoms with Crippen LogP contribution in [0.15, 0.2) is 0 Å². The number of hydrogen-bond donors (Lipinski definition) is 0. The van der Waals surface area contributed by atoms with Crippen LogP contribution in [0.3, 0.4) is 0 Å². The van der Waals surface area contributed by atoms with Crippen LogP contribution in [0.2, 0.25) is 0 Å². The molecule has 1 aromatic rings. The van der Waals surface area contributed by atoms with Gasteiger partial charge in [-0.3, -0.25) is 4.79 Å². The molecule has 2 aliphatic rings. The minimum atomic E-state index is 0.307. The summed E-state index contributed by atoms with van der Waals surface area (Å²) in [5, 5.41) is 8.51. The minimum Gasteiger partial charge on any atom is -0.340 e. The van der Waals surface area contributed by atoms with Gasteiger partial charge in [0.15, 0.2) is 0 Å². The predicted octanol–water partition coefficient (Wildman–Crippen LogP) is 1.89. The number of carbonyl (C=O) groups excluding carboxylic acids is 1. The second kappa shape index (κ2) is 4.62. The average molecular weight is 262 g/mol. The standard InChI is InChI=1S/C14H22N4O/c1-9(2)13-10(3)15-16-18(13)12-6-7-17(8-12)14(19)11-4-5-11/h9,11-12H,4-8H2,1-3H3. The summed E-state index contributed by atoms with van der Waals surface area (Å²) in [7, 11) is 0. The van der Waals surface area contributed by atoms with Crippen LogP contribution in [-0.2, 0) is 4.79 Å². The van der Waals surface area contributed by atoms with Crippen LogP contribution in [0.5, 0.6) is 0 Å². The van der Waals surface area contributed by atoms with Crippen LogP contribution in [0.25, 0.3) is 0 Å². The van der Waals surface area contributed by atoms with Crippen molar-refractivity contribution >= 4 is 5.91 Å². The van der Waals surface area contributed by atoms with E-state index in [0.29, 0.717) is 23.8 Å². The lowest BCUT2D eigenvalue weighted by Crippen LogP contribution is -2.30. The van der Waals surface area contributed by atoms with E-state index in [9.17, 15) is 4.79 Å². The van der Waals surface area contributed by atoms with Gasteiger partial charge in [0.2, 0.25) is 5.91 Å². The zero-order valence-corrected chi connectivity index (χ0v) is 12.0. The van der Waals surface area contributed by atoms with Crippen molar-refractivity contribution in [1.82, 2.24) is 19.9 Å². The maximum atomic E-state index is 12.1. The summed E-state index contributed by atoms with van der Waals surface area (Å²) >= 11 is 0. The van der Waals surface area contributed by atoms with Gasteiger partial charge in [0.1, 0.15) is 0 Å². The fourth-order valence-corrected chi connectivity index (χ4v) is 3.06. The Hall–Kier alpha value is -1.39. The Morgan fingerprint density at radius 2 is 2.05 bits per heavy atom. The molecule has 0 bridgehead atoms. The third-order valence-electron chi connectivity index (χ3n) is 4.20. The van der Waals surface area contributed by atoms with Crippen molar-refractivity contribution in [2.24, 2.45) is 5.92 Å². The number of aromatic nitrogens is 3. The first-order chi connectivity index (χ1) is 9.08. The number of carbonyl (C=O) groups is 1. The highest BCUT2D eigenvalue weighted by Gasteiger charge is 2.37. The molecule has 1 unspecified atom stereocenters. The molecule has 19 heavy (non-hydrogen) atoms. The van der Waals surface area contributed by atoms with E-state index in [0.717, 1.165) is 38.0 Å². The lowest BCUT2D eigenvalue weighted by Gasteiger charge is -2.18. The highest BCUT2D eigenvalue weighted by molar-refractivity contribution is 5.81. The molecule has 104 valence electrons. The molecule has 0 aromatic carbocycles. The van der Waals surface area contributed by atoms with E-state index in [2.05, 4.69) is 28.8 Å². The van der Waals surface area contributed by atoms with Gasteiger partial charge in [0.25, 0.3) is 0 Å². The van der Waals surface area contributed by atoms with Gasteiger partial charge in [-0.15, -0.1) is 5.10 Å². The first kappa shape index (κ1) is 12.6. The van der Waals surface area contributed by atoms with Gasteiger partial charge >= 0.3 is 0 Å². The van der Waals surface area contributed by atoms with Gasteiger partial charge in [-0.05, 0) is 32.1 Å². The topological polar surface area (TPSA) is 51.0 Å². The van der Waals surface area contributed by atoms with Crippen molar-refractivity contribution in [2.45, 2.75) is 52.0 Å². The number of amides is 1. The lowest BCUT2D eigenvalue weighted by molar-refractivity contribution is -0.131. The Morgan fingerprint density at radius 3 is 2.68 bits per heavy atom. The summed E-state index contributed by atoms with van der Waals surface area (Å²) in [6, 6.07) is 0.307. The zero-order valence-electron chi connectivity index (χ0n) is 12.0. The summed E-state index contributed by atoms with van der Waals surface area (Å²) in [5.41, 5.74) is 2.23. The Morgan fingerprint density at radius 1 is 1.32 bits per heavy atom. The molecule has 0 radical (unpaired) electrons. The molecule has 2 fully saturated rings. The molecular formula is C14H22N4O. The van der Waals surface area contributed by atoms with Crippen LogP contribution in [0, 0.1) is 12.8 Å². The highest BCUT2D eigenvalue weighted by atomic mass is 16.2. The van der Waals surface area contributed by atoms with Crippen molar-refractivity contribution in [3.05, 3.63) is 11.4 Å². The number of rotatable bonds is 3. The summed E-state index contributed by atoms with van der Waals surface area (Å²) in [5.74, 6) is 1.09. The first-order valence-electron chi connectivity index (χ1n) is 7.28. The molecule has 3 rings (SSSR count). The lowest BCUT2D eigenvalue weighted by atomic mass is 10.1. The normalized spacial score (nSPS) is 23.4. The van der Waals surface area contributed by atoms with Crippen LogP contribution in [-0.4, -0.2) is 38.9 Å². The van der Waals surface area contributed by atoms with E-state index in [-0.39, 0.29) is 0 Å². The van der Waals surface area contributed by atoms with E-state index in [1.54, 1.807) is 0 Å². The SMILES string of the molecule is Cc1nnn(C2CCN(C(=O)C3CC3)C2)c1C(C)C. The van der Waals surface area contributed by atoms with Crippen LogP contribution >= 0.6 is 0 Å². The Bertz CT molecular complexity index is 490. The summed E-state index contributed by atoms with van der Waals surface area (Å²) in [6.07, 6.45) is 3.17. The van der Waals surface area contributed by atoms with E-state index in [4.69, 9.17) is 0 Å². The largest absolute Gasteiger partial charge is 0.340 e. The average Bonchev–Trinajstić information content (AvgIpc) is 2.96.